The van der Waals surface area contributed by atoms with E-state index in [1.165, 1.54) is 6.42 Å². The Hall–Kier alpha value is -1.03. The summed E-state index contributed by atoms with van der Waals surface area (Å²) in [6.07, 6.45) is 5.63. The van der Waals surface area contributed by atoms with Gasteiger partial charge in [0.1, 0.15) is 22.4 Å². The number of ether oxygens (including phenoxy) is 3. The van der Waals surface area contributed by atoms with Gasteiger partial charge < -0.3 is 23.9 Å². The van der Waals surface area contributed by atoms with Crippen LogP contribution in [-0.2, 0) is 22.2 Å². The summed E-state index contributed by atoms with van der Waals surface area (Å²) in [5.41, 5.74) is 5.09. The fourth-order valence-corrected chi connectivity index (χ4v) is 6.20. The number of aliphatic hydroxyl groups is 1. The highest BCUT2D eigenvalue weighted by molar-refractivity contribution is 14.2. The van der Waals surface area contributed by atoms with Crippen LogP contribution in [0.1, 0.15) is 88.4 Å². The van der Waals surface area contributed by atoms with Crippen LogP contribution in [0.4, 0.5) is 0 Å². The normalized spacial score (nSPS) is 15.2. The van der Waals surface area contributed by atoms with Crippen molar-refractivity contribution in [1.82, 2.24) is 0 Å². The molecule has 0 fully saturated rings. The van der Waals surface area contributed by atoms with E-state index in [1.54, 1.807) is 23.0 Å². The summed E-state index contributed by atoms with van der Waals surface area (Å²) in [6, 6.07) is 0. The number of carbonyl (C=O) groups is 1. The molecule has 2 atom stereocenters. The first kappa shape index (κ1) is 35.0. The molecule has 1 aromatic rings. The summed E-state index contributed by atoms with van der Waals surface area (Å²) in [5, 5.41) is 14.1. The zero-order valence-electron chi connectivity index (χ0n) is 24.4. The van der Waals surface area contributed by atoms with Crippen molar-refractivity contribution in [3.8, 4) is 11.5 Å². The second-order valence-electron chi connectivity index (χ2n) is 9.56. The number of benzene rings is 1. The maximum Gasteiger partial charge on any atom is 0.342 e. The Balaban J connectivity index is 0.00000229. The number of oxime groups is 1. The number of carbonyl (C=O) groups excluding carboxylic acids is 1. The van der Waals surface area contributed by atoms with Gasteiger partial charge >= 0.3 is 5.97 Å². The maximum atomic E-state index is 12.8. The van der Waals surface area contributed by atoms with Crippen LogP contribution >= 0.6 is 38.3 Å². The van der Waals surface area contributed by atoms with Crippen molar-refractivity contribution < 1.29 is 28.7 Å². The van der Waals surface area contributed by atoms with E-state index in [-0.39, 0.29) is 5.97 Å². The number of nitrogens with zero attached hydrogens (tertiary/aromatic N) is 1. The summed E-state index contributed by atoms with van der Waals surface area (Å²) in [6.45, 7) is 16.6. The largest absolute Gasteiger partial charge is 0.496 e. The summed E-state index contributed by atoms with van der Waals surface area (Å²) >= 11 is 2.23. The number of rotatable bonds is 13. The van der Waals surface area contributed by atoms with Crippen molar-refractivity contribution in [2.45, 2.75) is 86.4 Å². The number of halogens is 1. The lowest BCUT2D eigenvalue weighted by molar-refractivity contribution is 0.0473. The van der Waals surface area contributed by atoms with Crippen molar-refractivity contribution in [3.05, 3.63) is 33.9 Å². The average Bonchev–Trinajstić information content (AvgIpc) is 2.87. The number of fused-ring (bicyclic) bond motifs is 1. The molecule has 0 aliphatic carbocycles. The molecule has 2 unspecified atom stereocenters. The predicted octanol–water partition coefficient (Wildman–Crippen LogP) is 8.01. The molecule has 38 heavy (non-hydrogen) atoms. The minimum Gasteiger partial charge on any atom is -0.496 e. The monoisotopic (exact) mass is 681 g/mol. The van der Waals surface area contributed by atoms with Gasteiger partial charge in [-0.3, -0.25) is 0 Å². The van der Waals surface area contributed by atoms with Crippen LogP contribution in [0, 0.1) is 6.92 Å². The van der Waals surface area contributed by atoms with E-state index < -0.39 is 13.5 Å². The molecule has 0 radical (unpaired) electrons. The van der Waals surface area contributed by atoms with E-state index in [9.17, 15) is 9.90 Å². The SMILES string of the molecule is CCC.CCC(C)(O)P(C/C(C)=C/Cc1c(OC)c(C)c2c(c1OCCSI)C(=O)OCC2)ON=C(C)C. The minimum absolute atomic E-state index is 0.347. The van der Waals surface area contributed by atoms with Crippen molar-refractivity contribution in [3.63, 3.8) is 0 Å². The summed E-state index contributed by atoms with van der Waals surface area (Å²) < 4.78 is 23.2. The Bertz CT molecular complexity index is 979. The van der Waals surface area contributed by atoms with Gasteiger partial charge in [-0.25, -0.2) is 4.79 Å². The number of methoxy groups -OCH3 is 1. The van der Waals surface area contributed by atoms with Crippen LogP contribution in [0.3, 0.4) is 0 Å². The van der Waals surface area contributed by atoms with Crippen LogP contribution in [0.15, 0.2) is 16.8 Å². The third-order valence-corrected chi connectivity index (χ3v) is 9.95. The van der Waals surface area contributed by atoms with E-state index in [0.29, 0.717) is 50.0 Å². The molecule has 0 saturated carbocycles. The fourth-order valence-electron chi connectivity index (χ4n) is 3.75. The van der Waals surface area contributed by atoms with Crippen molar-refractivity contribution in [1.29, 1.82) is 0 Å². The van der Waals surface area contributed by atoms with Gasteiger partial charge in [-0.2, -0.15) is 0 Å². The molecule has 7 nitrogen and oxygen atoms in total. The van der Waals surface area contributed by atoms with E-state index in [4.69, 9.17) is 18.8 Å². The lowest BCUT2D eigenvalue weighted by atomic mass is 9.90. The molecule has 10 heteroatoms. The fraction of sp³-hybridized carbons (Fsp3) is 0.643. The van der Waals surface area contributed by atoms with Gasteiger partial charge in [0, 0.05) is 23.9 Å². The lowest BCUT2D eigenvalue weighted by Gasteiger charge is -2.29. The Labute approximate surface area is 246 Å². The van der Waals surface area contributed by atoms with E-state index >= 15 is 0 Å². The minimum atomic E-state index is -1.25. The molecule has 1 aliphatic heterocycles. The van der Waals surface area contributed by atoms with Gasteiger partial charge in [-0.15, -0.1) is 0 Å². The van der Waals surface area contributed by atoms with E-state index in [0.717, 1.165) is 39.5 Å². The summed E-state index contributed by atoms with van der Waals surface area (Å²) in [7, 11) is 2.05. The van der Waals surface area contributed by atoms with Gasteiger partial charge in [-0.1, -0.05) is 52.9 Å². The zero-order chi connectivity index (χ0) is 28.9. The highest BCUT2D eigenvalue weighted by atomic mass is 127. The second kappa shape index (κ2) is 17.6. The Kier molecular flexibility index (Phi) is 16.2. The number of cyclic esters (lactones) is 1. The number of hydrogen-bond donors (Lipinski definition) is 1. The first-order valence-corrected chi connectivity index (χ1v) is 18.1. The molecule has 1 N–H and O–H groups in total. The van der Waals surface area contributed by atoms with Gasteiger partial charge in [-0.05, 0) is 79.8 Å². The molecule has 1 aromatic carbocycles. The van der Waals surface area contributed by atoms with Gasteiger partial charge in [0.05, 0.1) is 26.0 Å². The molecule has 1 heterocycles. The highest BCUT2D eigenvalue weighted by Crippen LogP contribution is 2.52. The predicted molar refractivity (Wildman–Crippen MR) is 170 cm³/mol. The van der Waals surface area contributed by atoms with Gasteiger partial charge in [0.2, 0.25) is 0 Å². The topological polar surface area (TPSA) is 86.6 Å². The summed E-state index contributed by atoms with van der Waals surface area (Å²) in [5.74, 6) is 1.73. The molecule has 0 aromatic heterocycles. The third kappa shape index (κ3) is 10.2. The number of esters is 1. The molecule has 0 bridgehead atoms. The van der Waals surface area contributed by atoms with E-state index in [2.05, 4.69) is 46.3 Å². The van der Waals surface area contributed by atoms with Crippen molar-refractivity contribution in [2.75, 3.05) is 32.2 Å². The molecule has 2 rings (SSSR count). The number of allylic oxidation sites excluding steroid dienone is 2. The molecular formula is C28H45INO6PS. The van der Waals surface area contributed by atoms with Crippen LogP contribution in [0.2, 0.25) is 0 Å². The molecule has 0 amide bonds. The first-order chi connectivity index (χ1) is 18.0. The Morgan fingerprint density at radius 1 is 1.26 bits per heavy atom. The average molecular weight is 682 g/mol. The molecular weight excluding hydrogens is 636 g/mol. The highest BCUT2D eigenvalue weighted by Gasteiger charge is 2.34. The zero-order valence-corrected chi connectivity index (χ0v) is 28.3. The Morgan fingerprint density at radius 3 is 2.47 bits per heavy atom. The Morgan fingerprint density at radius 2 is 1.92 bits per heavy atom. The van der Waals surface area contributed by atoms with Crippen LogP contribution in [0.25, 0.3) is 0 Å². The van der Waals surface area contributed by atoms with Gasteiger partial charge in [0.15, 0.2) is 8.15 Å². The maximum absolute atomic E-state index is 12.8. The first-order valence-electron chi connectivity index (χ1n) is 13.1. The summed E-state index contributed by atoms with van der Waals surface area (Å²) in [4.78, 5) is 12.8. The van der Waals surface area contributed by atoms with Crippen LogP contribution in [0.5, 0.6) is 11.5 Å². The smallest absolute Gasteiger partial charge is 0.342 e. The quantitative estimate of drug-likeness (QED) is 0.0430. The molecule has 0 spiro atoms. The van der Waals surface area contributed by atoms with Gasteiger partial charge in [0.25, 0.3) is 0 Å². The molecule has 1 aliphatic rings. The third-order valence-electron chi connectivity index (χ3n) is 5.85. The van der Waals surface area contributed by atoms with E-state index in [1.807, 2.05) is 34.6 Å². The lowest BCUT2D eigenvalue weighted by Crippen LogP contribution is -2.23. The van der Waals surface area contributed by atoms with Crippen LogP contribution in [-0.4, -0.2) is 54.4 Å². The second-order valence-corrected chi connectivity index (χ2v) is 14.3. The van der Waals surface area contributed by atoms with Crippen LogP contribution < -0.4 is 9.47 Å². The van der Waals surface area contributed by atoms with Crippen molar-refractivity contribution >= 4 is 50.0 Å². The standard InChI is InChI=1S/C25H37INO6PS.C3H8/c1-8-25(6,29)34(33-27-16(2)3)15-17(4)9-10-20-22(30-7)18(5)19-11-12-32-24(28)21(19)23(20)31-13-14-35-26;1-3-2/h9,29H,8,10-15H2,1-7H3;3H2,1-2H3/b17-9+;. The molecule has 0 saturated heterocycles. The van der Waals surface area contributed by atoms with Crippen molar-refractivity contribution in [2.24, 2.45) is 5.16 Å². The number of hydrogen-bond acceptors (Lipinski definition) is 8. The molecule has 216 valence electrons.